The van der Waals surface area contributed by atoms with Gasteiger partial charge in [0.05, 0.1) is 3.79 Å². The molecule has 2 N–H and O–H groups in total. The molecule has 1 aliphatic rings. The monoisotopic (exact) mass is 288 g/mol. The number of hydrogen-bond acceptors (Lipinski definition) is 3. The van der Waals surface area contributed by atoms with Gasteiger partial charge >= 0.3 is 0 Å². The van der Waals surface area contributed by atoms with Crippen LogP contribution in [0.15, 0.2) is 15.9 Å². The Morgan fingerprint density at radius 2 is 2.40 bits per heavy atom. The SMILES string of the molecule is Brc1ccc(CNCC2CCCCN2)s1. The average molecular weight is 289 g/mol. The van der Waals surface area contributed by atoms with E-state index < -0.39 is 0 Å². The molecule has 0 spiro atoms. The van der Waals surface area contributed by atoms with Crippen molar-refractivity contribution in [2.45, 2.75) is 31.8 Å². The van der Waals surface area contributed by atoms with Crippen LogP contribution in [0.5, 0.6) is 0 Å². The fraction of sp³-hybridized carbons (Fsp3) is 0.636. The summed E-state index contributed by atoms with van der Waals surface area (Å²) in [6.45, 7) is 3.28. The van der Waals surface area contributed by atoms with Gasteiger partial charge in [-0.25, -0.2) is 0 Å². The Kier molecular flexibility index (Phi) is 4.62. The third-order valence-corrected chi connectivity index (χ3v) is 4.35. The maximum atomic E-state index is 3.54. The number of thiophene rings is 1. The van der Waals surface area contributed by atoms with Gasteiger partial charge in [0.1, 0.15) is 0 Å². The first-order valence-electron chi connectivity index (χ1n) is 5.53. The van der Waals surface area contributed by atoms with E-state index in [2.05, 4.69) is 38.7 Å². The van der Waals surface area contributed by atoms with Gasteiger partial charge in [-0.15, -0.1) is 11.3 Å². The molecule has 0 saturated carbocycles. The van der Waals surface area contributed by atoms with Crippen LogP contribution in [0.1, 0.15) is 24.1 Å². The van der Waals surface area contributed by atoms with E-state index in [1.807, 2.05) is 11.3 Å². The van der Waals surface area contributed by atoms with Crippen LogP contribution in [0.25, 0.3) is 0 Å². The Hall–Kier alpha value is 0.1000. The molecule has 1 atom stereocenters. The van der Waals surface area contributed by atoms with Crippen molar-refractivity contribution in [2.24, 2.45) is 0 Å². The predicted octanol–water partition coefficient (Wildman–Crippen LogP) is 2.74. The van der Waals surface area contributed by atoms with Crippen LogP contribution in [0.2, 0.25) is 0 Å². The van der Waals surface area contributed by atoms with Gasteiger partial charge in [-0.05, 0) is 47.4 Å². The zero-order chi connectivity index (χ0) is 10.5. The first kappa shape index (κ1) is 11.6. The van der Waals surface area contributed by atoms with Crippen LogP contribution in [0.4, 0.5) is 0 Å². The molecule has 84 valence electrons. The van der Waals surface area contributed by atoms with Gasteiger partial charge in [-0.3, -0.25) is 0 Å². The molecular formula is C11H17BrN2S. The Morgan fingerprint density at radius 1 is 1.47 bits per heavy atom. The quantitative estimate of drug-likeness (QED) is 0.890. The molecule has 0 amide bonds. The van der Waals surface area contributed by atoms with Crippen molar-refractivity contribution in [1.29, 1.82) is 0 Å². The lowest BCUT2D eigenvalue weighted by molar-refractivity contribution is 0.383. The van der Waals surface area contributed by atoms with Crippen LogP contribution in [0, 0.1) is 0 Å². The summed E-state index contributed by atoms with van der Waals surface area (Å²) in [6.07, 6.45) is 4.04. The fourth-order valence-electron chi connectivity index (χ4n) is 1.91. The van der Waals surface area contributed by atoms with E-state index in [-0.39, 0.29) is 0 Å². The van der Waals surface area contributed by atoms with E-state index in [4.69, 9.17) is 0 Å². The molecule has 2 rings (SSSR count). The maximum Gasteiger partial charge on any atom is 0.0701 e. The van der Waals surface area contributed by atoms with E-state index in [9.17, 15) is 0 Å². The summed E-state index contributed by atoms with van der Waals surface area (Å²) < 4.78 is 1.22. The highest BCUT2D eigenvalue weighted by Gasteiger charge is 2.11. The van der Waals surface area contributed by atoms with Crippen LogP contribution in [-0.2, 0) is 6.54 Å². The lowest BCUT2D eigenvalue weighted by Crippen LogP contribution is -2.41. The molecular weight excluding hydrogens is 272 g/mol. The first-order valence-corrected chi connectivity index (χ1v) is 7.14. The molecule has 1 fully saturated rings. The molecule has 0 bridgehead atoms. The fourth-order valence-corrected chi connectivity index (χ4v) is 3.37. The van der Waals surface area contributed by atoms with Gasteiger partial charge in [0.2, 0.25) is 0 Å². The summed E-state index contributed by atoms with van der Waals surface area (Å²) >= 11 is 5.29. The van der Waals surface area contributed by atoms with Crippen LogP contribution in [-0.4, -0.2) is 19.1 Å². The molecule has 4 heteroatoms. The normalized spacial score (nSPS) is 21.8. The second-order valence-electron chi connectivity index (χ2n) is 3.98. The Balaban J connectivity index is 1.65. The standard InChI is InChI=1S/C11H17BrN2S/c12-11-5-4-10(15-11)8-13-7-9-3-1-2-6-14-9/h4-5,9,13-14H,1-3,6-8H2. The van der Waals surface area contributed by atoms with Gasteiger partial charge in [0, 0.05) is 24.0 Å². The van der Waals surface area contributed by atoms with E-state index in [0.717, 1.165) is 13.1 Å². The van der Waals surface area contributed by atoms with Crippen LogP contribution < -0.4 is 10.6 Å². The molecule has 2 heterocycles. The largest absolute Gasteiger partial charge is 0.313 e. The molecule has 2 nitrogen and oxygen atoms in total. The highest BCUT2D eigenvalue weighted by molar-refractivity contribution is 9.11. The smallest absolute Gasteiger partial charge is 0.0701 e. The molecule has 1 aromatic rings. The molecule has 0 aliphatic carbocycles. The Labute approximate surface area is 104 Å². The van der Waals surface area contributed by atoms with Gasteiger partial charge in [0.15, 0.2) is 0 Å². The summed E-state index contributed by atoms with van der Waals surface area (Å²) in [5, 5.41) is 7.05. The first-order chi connectivity index (χ1) is 7.34. The third kappa shape index (κ3) is 3.87. The van der Waals surface area contributed by atoms with Gasteiger partial charge in [-0.2, -0.15) is 0 Å². The Bertz CT molecular complexity index is 295. The number of rotatable bonds is 4. The summed E-state index contributed by atoms with van der Waals surface area (Å²) in [5.74, 6) is 0. The van der Waals surface area contributed by atoms with E-state index in [1.165, 1.54) is 34.5 Å². The minimum Gasteiger partial charge on any atom is -0.313 e. The summed E-state index contributed by atoms with van der Waals surface area (Å²) in [6, 6.07) is 4.97. The highest BCUT2D eigenvalue weighted by Crippen LogP contribution is 2.21. The van der Waals surface area contributed by atoms with Crippen molar-refractivity contribution in [1.82, 2.24) is 10.6 Å². The second-order valence-corrected chi connectivity index (χ2v) is 6.53. The van der Waals surface area contributed by atoms with E-state index in [1.54, 1.807) is 0 Å². The van der Waals surface area contributed by atoms with Crippen molar-refractivity contribution >= 4 is 27.3 Å². The topological polar surface area (TPSA) is 24.1 Å². The van der Waals surface area contributed by atoms with Crippen molar-refractivity contribution in [2.75, 3.05) is 13.1 Å². The minimum absolute atomic E-state index is 0.683. The number of halogens is 1. The van der Waals surface area contributed by atoms with Gasteiger partial charge < -0.3 is 10.6 Å². The van der Waals surface area contributed by atoms with Gasteiger partial charge in [0.25, 0.3) is 0 Å². The lowest BCUT2D eigenvalue weighted by atomic mass is 10.1. The maximum absolute atomic E-state index is 3.54. The summed E-state index contributed by atoms with van der Waals surface area (Å²) in [5.41, 5.74) is 0. The molecule has 1 aromatic heterocycles. The Morgan fingerprint density at radius 3 is 3.07 bits per heavy atom. The van der Waals surface area contributed by atoms with Crippen molar-refractivity contribution in [3.8, 4) is 0 Å². The van der Waals surface area contributed by atoms with Crippen LogP contribution >= 0.6 is 27.3 Å². The van der Waals surface area contributed by atoms with E-state index in [0.29, 0.717) is 6.04 Å². The third-order valence-electron chi connectivity index (χ3n) is 2.73. The minimum atomic E-state index is 0.683. The predicted molar refractivity (Wildman–Crippen MR) is 69.4 cm³/mol. The number of hydrogen-bond donors (Lipinski definition) is 2. The molecule has 0 radical (unpaired) electrons. The number of nitrogens with one attached hydrogen (secondary N) is 2. The molecule has 1 saturated heterocycles. The number of piperidine rings is 1. The van der Waals surface area contributed by atoms with Gasteiger partial charge in [-0.1, -0.05) is 6.42 Å². The summed E-state index contributed by atoms with van der Waals surface area (Å²) in [7, 11) is 0. The average Bonchev–Trinajstić information content (AvgIpc) is 2.66. The molecule has 15 heavy (non-hydrogen) atoms. The van der Waals surface area contributed by atoms with Crippen molar-refractivity contribution in [3.63, 3.8) is 0 Å². The van der Waals surface area contributed by atoms with Crippen LogP contribution in [0.3, 0.4) is 0 Å². The molecule has 1 aliphatic heterocycles. The molecule has 1 unspecified atom stereocenters. The second kappa shape index (κ2) is 5.99. The van der Waals surface area contributed by atoms with Crippen molar-refractivity contribution < 1.29 is 0 Å². The highest BCUT2D eigenvalue weighted by atomic mass is 79.9. The van der Waals surface area contributed by atoms with E-state index >= 15 is 0 Å². The molecule has 0 aromatic carbocycles. The summed E-state index contributed by atoms with van der Waals surface area (Å²) in [4.78, 5) is 1.40. The zero-order valence-electron chi connectivity index (χ0n) is 8.76. The lowest BCUT2D eigenvalue weighted by Gasteiger charge is -2.23. The van der Waals surface area contributed by atoms with Crippen molar-refractivity contribution in [3.05, 3.63) is 20.8 Å². The zero-order valence-corrected chi connectivity index (χ0v) is 11.2.